The van der Waals surface area contributed by atoms with Crippen LogP contribution in [0.3, 0.4) is 0 Å². The summed E-state index contributed by atoms with van der Waals surface area (Å²) in [7, 11) is -3.90. The van der Waals surface area contributed by atoms with Crippen LogP contribution in [0.5, 0.6) is 0 Å². The van der Waals surface area contributed by atoms with Crippen LogP contribution in [0.25, 0.3) is 0 Å². The number of carbonyl (C=O) groups is 1. The second-order valence-electron chi connectivity index (χ2n) is 5.37. The summed E-state index contributed by atoms with van der Waals surface area (Å²) in [6, 6.07) is 1.82. The Bertz CT molecular complexity index is 653. The van der Waals surface area contributed by atoms with E-state index in [0.717, 1.165) is 31.4 Å². The largest absolute Gasteiger partial charge is 0.478 e. The number of halogens is 1. The molecule has 5 nitrogen and oxygen atoms in total. The Morgan fingerprint density at radius 1 is 1.43 bits per heavy atom. The van der Waals surface area contributed by atoms with Crippen LogP contribution in [-0.4, -0.2) is 26.0 Å². The van der Waals surface area contributed by atoms with Crippen molar-refractivity contribution in [3.63, 3.8) is 0 Å². The second kappa shape index (κ2) is 6.11. The van der Waals surface area contributed by atoms with Crippen LogP contribution >= 0.6 is 0 Å². The number of carboxylic acid groups (broad SMARTS) is 1. The summed E-state index contributed by atoms with van der Waals surface area (Å²) in [6.45, 7) is 1.60. The Morgan fingerprint density at radius 3 is 2.62 bits per heavy atom. The van der Waals surface area contributed by atoms with Crippen molar-refractivity contribution in [2.24, 2.45) is 5.92 Å². The molecule has 2 rings (SSSR count). The zero-order valence-corrected chi connectivity index (χ0v) is 12.5. The molecule has 0 amide bonds. The van der Waals surface area contributed by atoms with Crippen molar-refractivity contribution in [2.45, 2.75) is 37.5 Å². The van der Waals surface area contributed by atoms with Crippen LogP contribution in [-0.2, 0) is 10.0 Å². The van der Waals surface area contributed by atoms with Gasteiger partial charge in [-0.3, -0.25) is 0 Å². The van der Waals surface area contributed by atoms with Gasteiger partial charge in [0.1, 0.15) is 5.82 Å². The molecule has 1 aliphatic carbocycles. The minimum atomic E-state index is -3.90. The van der Waals surface area contributed by atoms with Crippen LogP contribution in [0, 0.1) is 18.7 Å². The third kappa shape index (κ3) is 3.59. The predicted molar refractivity (Wildman–Crippen MR) is 75.2 cm³/mol. The third-order valence-electron chi connectivity index (χ3n) is 3.90. The van der Waals surface area contributed by atoms with E-state index in [0.29, 0.717) is 5.92 Å². The number of carboxylic acids is 1. The summed E-state index contributed by atoms with van der Waals surface area (Å²) >= 11 is 0. The highest BCUT2D eigenvalue weighted by atomic mass is 32.2. The lowest BCUT2D eigenvalue weighted by molar-refractivity contribution is 0.0696. The Labute approximate surface area is 123 Å². The second-order valence-corrected chi connectivity index (χ2v) is 7.11. The quantitative estimate of drug-likeness (QED) is 0.843. The first-order valence-corrected chi connectivity index (χ1v) is 8.32. The van der Waals surface area contributed by atoms with Crippen molar-refractivity contribution in [3.05, 3.63) is 29.1 Å². The minimum Gasteiger partial charge on any atom is -0.478 e. The summed E-state index contributed by atoms with van der Waals surface area (Å²) in [5, 5.41) is 8.90. The molecule has 7 heteroatoms. The van der Waals surface area contributed by atoms with Gasteiger partial charge in [0.05, 0.1) is 10.5 Å². The van der Waals surface area contributed by atoms with E-state index in [1.54, 1.807) is 0 Å². The molecular weight excluding hydrogens is 297 g/mol. The van der Waals surface area contributed by atoms with Crippen molar-refractivity contribution in [3.8, 4) is 0 Å². The maximum Gasteiger partial charge on any atom is 0.335 e. The number of aromatic carboxylic acids is 1. The molecule has 1 aromatic carbocycles. The monoisotopic (exact) mass is 315 g/mol. The fourth-order valence-corrected chi connectivity index (χ4v) is 3.64. The van der Waals surface area contributed by atoms with Gasteiger partial charge in [-0.05, 0) is 31.4 Å². The molecule has 0 radical (unpaired) electrons. The van der Waals surface area contributed by atoms with E-state index in [2.05, 4.69) is 4.72 Å². The highest BCUT2D eigenvalue weighted by molar-refractivity contribution is 7.89. The molecule has 0 heterocycles. The summed E-state index contributed by atoms with van der Waals surface area (Å²) in [6.07, 6.45) is 4.16. The van der Waals surface area contributed by atoms with Gasteiger partial charge in [-0.1, -0.05) is 19.3 Å². The number of hydrogen-bond acceptors (Lipinski definition) is 3. The lowest BCUT2D eigenvalue weighted by Crippen LogP contribution is -2.28. The zero-order valence-electron chi connectivity index (χ0n) is 11.7. The van der Waals surface area contributed by atoms with E-state index >= 15 is 0 Å². The van der Waals surface area contributed by atoms with Gasteiger partial charge in [-0.15, -0.1) is 0 Å². The molecule has 1 fully saturated rings. The fraction of sp³-hybridized carbons (Fsp3) is 0.500. The third-order valence-corrected chi connectivity index (χ3v) is 5.49. The van der Waals surface area contributed by atoms with Gasteiger partial charge in [-0.2, -0.15) is 0 Å². The molecule has 21 heavy (non-hydrogen) atoms. The van der Waals surface area contributed by atoms with Crippen molar-refractivity contribution in [2.75, 3.05) is 6.54 Å². The van der Waals surface area contributed by atoms with Crippen LogP contribution in [0.2, 0.25) is 0 Å². The van der Waals surface area contributed by atoms with E-state index in [4.69, 9.17) is 5.11 Å². The number of hydrogen-bond donors (Lipinski definition) is 2. The average Bonchev–Trinajstić information content (AvgIpc) is 2.35. The van der Waals surface area contributed by atoms with E-state index < -0.39 is 21.8 Å². The Hall–Kier alpha value is -1.47. The molecule has 0 bridgehead atoms. The Morgan fingerprint density at radius 2 is 2.10 bits per heavy atom. The van der Waals surface area contributed by atoms with E-state index in [-0.39, 0.29) is 22.6 Å². The standard InChI is InChI=1S/C14H18FNO4S/c1-9-12(15)7-11(14(17)18)8-13(9)21(19,20)16-6-5-10-3-2-4-10/h7-8,10,16H,2-6H2,1H3,(H,17,18). The lowest BCUT2D eigenvalue weighted by Gasteiger charge is -2.25. The molecule has 2 N–H and O–H groups in total. The molecule has 1 aliphatic rings. The fourth-order valence-electron chi connectivity index (χ4n) is 2.31. The lowest BCUT2D eigenvalue weighted by atomic mass is 9.83. The Balaban J connectivity index is 2.19. The molecule has 0 spiro atoms. The molecule has 0 aromatic heterocycles. The highest BCUT2D eigenvalue weighted by Gasteiger charge is 2.23. The molecule has 0 saturated heterocycles. The van der Waals surface area contributed by atoms with E-state index in [1.165, 1.54) is 13.3 Å². The van der Waals surface area contributed by atoms with E-state index in [1.807, 2.05) is 0 Å². The van der Waals surface area contributed by atoms with Crippen molar-refractivity contribution < 1.29 is 22.7 Å². The topological polar surface area (TPSA) is 83.5 Å². The summed E-state index contributed by atoms with van der Waals surface area (Å²) in [5.41, 5.74) is -0.450. The molecule has 116 valence electrons. The van der Waals surface area contributed by atoms with Crippen LogP contribution in [0.4, 0.5) is 4.39 Å². The maximum absolute atomic E-state index is 13.7. The summed E-state index contributed by atoms with van der Waals surface area (Å²) in [5.74, 6) is -1.65. The van der Waals surface area contributed by atoms with Crippen molar-refractivity contribution in [1.82, 2.24) is 4.72 Å². The van der Waals surface area contributed by atoms with Gasteiger partial charge in [0.15, 0.2) is 0 Å². The summed E-state index contributed by atoms with van der Waals surface area (Å²) < 4.78 is 40.5. The smallest absolute Gasteiger partial charge is 0.335 e. The highest BCUT2D eigenvalue weighted by Crippen LogP contribution is 2.29. The van der Waals surface area contributed by atoms with Gasteiger partial charge in [-0.25, -0.2) is 22.3 Å². The van der Waals surface area contributed by atoms with Gasteiger partial charge in [0.25, 0.3) is 0 Å². The van der Waals surface area contributed by atoms with Crippen LogP contribution in [0.15, 0.2) is 17.0 Å². The first-order valence-electron chi connectivity index (χ1n) is 6.84. The number of nitrogens with one attached hydrogen (secondary N) is 1. The van der Waals surface area contributed by atoms with Crippen LogP contribution < -0.4 is 4.72 Å². The summed E-state index contributed by atoms with van der Waals surface area (Å²) in [4.78, 5) is 10.6. The van der Waals surface area contributed by atoms with Crippen molar-refractivity contribution >= 4 is 16.0 Å². The maximum atomic E-state index is 13.7. The molecule has 0 aliphatic heterocycles. The normalized spacial score (nSPS) is 15.7. The van der Waals surface area contributed by atoms with Gasteiger partial charge in [0, 0.05) is 12.1 Å². The van der Waals surface area contributed by atoms with Gasteiger partial charge < -0.3 is 5.11 Å². The number of rotatable bonds is 6. The van der Waals surface area contributed by atoms with Crippen LogP contribution in [0.1, 0.15) is 41.6 Å². The first kappa shape index (κ1) is 15.9. The molecular formula is C14H18FNO4S. The molecule has 0 atom stereocenters. The first-order chi connectivity index (χ1) is 9.81. The molecule has 1 saturated carbocycles. The minimum absolute atomic E-state index is 0.0730. The molecule has 1 aromatic rings. The Kier molecular flexibility index (Phi) is 4.63. The van der Waals surface area contributed by atoms with Crippen molar-refractivity contribution in [1.29, 1.82) is 0 Å². The number of benzene rings is 1. The molecule has 0 unspecified atom stereocenters. The number of sulfonamides is 1. The SMILES string of the molecule is Cc1c(F)cc(C(=O)O)cc1S(=O)(=O)NCCC1CCC1. The average molecular weight is 315 g/mol. The predicted octanol–water partition coefficient (Wildman–Crippen LogP) is 2.30. The van der Waals surface area contributed by atoms with Gasteiger partial charge in [0.2, 0.25) is 10.0 Å². The van der Waals surface area contributed by atoms with Gasteiger partial charge >= 0.3 is 5.97 Å². The zero-order chi connectivity index (χ0) is 15.6. The van der Waals surface area contributed by atoms with E-state index in [9.17, 15) is 17.6 Å².